The Kier molecular flexibility index (Phi) is 4.79. The summed E-state index contributed by atoms with van der Waals surface area (Å²) in [6.45, 7) is 7.78. The molecule has 1 fully saturated rings. The van der Waals surface area contributed by atoms with Crippen LogP contribution in [0.15, 0.2) is 42.5 Å². The van der Waals surface area contributed by atoms with Gasteiger partial charge in [-0.1, -0.05) is 30.3 Å². The van der Waals surface area contributed by atoms with Crippen molar-refractivity contribution in [3.05, 3.63) is 48.0 Å². The highest BCUT2D eigenvalue weighted by Crippen LogP contribution is 2.37. The first kappa shape index (κ1) is 18.4. The highest BCUT2D eigenvalue weighted by molar-refractivity contribution is 6.48. The SMILES string of the molecule is CC1(C)OB([C@@H](CC#N)NC(=O)c2ccc3ccccc3c2)OC1(C)C. The minimum absolute atomic E-state index is 0.107. The Hall–Kier alpha value is -2.36. The number of fused-ring (bicyclic) bond motifs is 1. The van der Waals surface area contributed by atoms with E-state index in [9.17, 15) is 4.79 Å². The zero-order chi connectivity index (χ0) is 18.9. The first-order chi connectivity index (χ1) is 12.2. The van der Waals surface area contributed by atoms with Gasteiger partial charge in [-0.25, -0.2) is 0 Å². The van der Waals surface area contributed by atoms with Gasteiger partial charge in [0.2, 0.25) is 0 Å². The van der Waals surface area contributed by atoms with Gasteiger partial charge in [0.1, 0.15) is 0 Å². The molecule has 5 nitrogen and oxygen atoms in total. The van der Waals surface area contributed by atoms with Crippen LogP contribution in [0.3, 0.4) is 0 Å². The molecule has 1 saturated heterocycles. The lowest BCUT2D eigenvalue weighted by atomic mass is 9.76. The molecular weight excluding hydrogens is 327 g/mol. The normalized spacial score (nSPS) is 19.1. The van der Waals surface area contributed by atoms with E-state index >= 15 is 0 Å². The van der Waals surface area contributed by atoms with Crippen molar-refractivity contribution in [3.8, 4) is 6.07 Å². The van der Waals surface area contributed by atoms with Gasteiger partial charge < -0.3 is 14.6 Å². The lowest BCUT2D eigenvalue weighted by molar-refractivity contribution is 0.00578. The largest absolute Gasteiger partial charge is 0.482 e. The number of nitrogens with one attached hydrogen (secondary N) is 1. The van der Waals surface area contributed by atoms with E-state index in [-0.39, 0.29) is 12.3 Å². The molecule has 2 aromatic carbocycles. The fourth-order valence-electron chi connectivity index (χ4n) is 2.95. The maximum atomic E-state index is 12.7. The van der Waals surface area contributed by atoms with Gasteiger partial charge in [-0.05, 0) is 50.6 Å². The molecule has 26 heavy (non-hydrogen) atoms. The summed E-state index contributed by atoms with van der Waals surface area (Å²) in [4.78, 5) is 12.7. The summed E-state index contributed by atoms with van der Waals surface area (Å²) < 4.78 is 12.0. The minimum atomic E-state index is -0.663. The Morgan fingerprint density at radius 2 is 1.73 bits per heavy atom. The van der Waals surface area contributed by atoms with Crippen LogP contribution in [0.1, 0.15) is 44.5 Å². The molecule has 1 atom stereocenters. The zero-order valence-corrected chi connectivity index (χ0v) is 15.6. The van der Waals surface area contributed by atoms with Crippen molar-refractivity contribution in [1.29, 1.82) is 5.26 Å². The van der Waals surface area contributed by atoms with E-state index in [0.29, 0.717) is 5.56 Å². The van der Waals surface area contributed by atoms with E-state index in [1.165, 1.54) is 0 Å². The highest BCUT2D eigenvalue weighted by Gasteiger charge is 2.54. The summed E-state index contributed by atoms with van der Waals surface area (Å²) in [6.07, 6.45) is 0.107. The van der Waals surface area contributed by atoms with Crippen LogP contribution in [0.4, 0.5) is 0 Å². The van der Waals surface area contributed by atoms with E-state index in [1.54, 1.807) is 6.07 Å². The lowest BCUT2D eigenvalue weighted by Crippen LogP contribution is -2.47. The lowest BCUT2D eigenvalue weighted by Gasteiger charge is -2.32. The molecule has 0 saturated carbocycles. The molecule has 1 heterocycles. The van der Waals surface area contributed by atoms with Crippen molar-refractivity contribution in [2.24, 2.45) is 0 Å². The zero-order valence-electron chi connectivity index (χ0n) is 15.6. The molecule has 2 aromatic rings. The number of nitrogens with zero attached hydrogens (tertiary/aromatic N) is 1. The number of amides is 1. The van der Waals surface area contributed by atoms with Crippen LogP contribution in [0.2, 0.25) is 0 Å². The Bertz CT molecular complexity index is 857. The van der Waals surface area contributed by atoms with Crippen molar-refractivity contribution < 1.29 is 14.1 Å². The molecule has 0 unspecified atom stereocenters. The number of nitriles is 1. The van der Waals surface area contributed by atoms with Gasteiger partial charge >= 0.3 is 7.12 Å². The second kappa shape index (κ2) is 6.75. The summed E-state index contributed by atoms with van der Waals surface area (Å²) in [5.41, 5.74) is -0.485. The minimum Gasteiger partial charge on any atom is -0.402 e. The summed E-state index contributed by atoms with van der Waals surface area (Å²) in [7, 11) is -0.663. The van der Waals surface area contributed by atoms with E-state index in [0.717, 1.165) is 10.8 Å². The molecule has 0 radical (unpaired) electrons. The van der Waals surface area contributed by atoms with Gasteiger partial charge in [0.05, 0.1) is 29.6 Å². The number of benzene rings is 2. The summed E-state index contributed by atoms with van der Waals surface area (Å²) >= 11 is 0. The van der Waals surface area contributed by atoms with E-state index in [1.807, 2.05) is 64.1 Å². The first-order valence-corrected chi connectivity index (χ1v) is 8.76. The van der Waals surface area contributed by atoms with E-state index in [4.69, 9.17) is 14.6 Å². The number of carbonyl (C=O) groups excluding carboxylic acids is 1. The maximum absolute atomic E-state index is 12.7. The smallest absolute Gasteiger partial charge is 0.402 e. The number of hydrogen-bond acceptors (Lipinski definition) is 4. The third kappa shape index (κ3) is 3.46. The standard InChI is InChI=1S/C20H23BN2O3/c1-19(2)20(3,4)26-21(25-19)17(11-12-22)23-18(24)16-10-9-14-7-5-6-8-15(14)13-16/h5-10,13,17H,11H2,1-4H3,(H,23,24)/t17-/m1/s1. The molecule has 0 bridgehead atoms. The molecule has 1 aliphatic heterocycles. The van der Waals surface area contributed by atoms with Crippen LogP contribution in [0.25, 0.3) is 10.8 Å². The second-order valence-corrected chi connectivity index (χ2v) is 7.63. The van der Waals surface area contributed by atoms with Crippen molar-refractivity contribution in [3.63, 3.8) is 0 Å². The molecule has 0 aliphatic carbocycles. The average molecular weight is 350 g/mol. The Morgan fingerprint density at radius 1 is 1.12 bits per heavy atom. The quantitative estimate of drug-likeness (QED) is 0.857. The summed E-state index contributed by atoms with van der Waals surface area (Å²) in [5.74, 6) is -0.786. The topological polar surface area (TPSA) is 71.3 Å². The predicted octanol–water partition coefficient (Wildman–Crippen LogP) is 3.48. The number of hydrogen-bond donors (Lipinski definition) is 1. The maximum Gasteiger partial charge on any atom is 0.482 e. The Balaban J connectivity index is 1.79. The first-order valence-electron chi connectivity index (χ1n) is 8.76. The molecule has 0 spiro atoms. The highest BCUT2D eigenvalue weighted by atomic mass is 16.7. The molecule has 3 rings (SSSR count). The molecule has 134 valence electrons. The van der Waals surface area contributed by atoms with Crippen LogP contribution < -0.4 is 5.32 Å². The average Bonchev–Trinajstić information content (AvgIpc) is 2.81. The van der Waals surface area contributed by atoms with Crippen molar-refractivity contribution in [2.45, 2.75) is 51.3 Å². The van der Waals surface area contributed by atoms with Crippen molar-refractivity contribution in [2.75, 3.05) is 0 Å². The molecule has 1 amide bonds. The van der Waals surface area contributed by atoms with Crippen LogP contribution >= 0.6 is 0 Å². The van der Waals surface area contributed by atoms with Gasteiger partial charge in [0.15, 0.2) is 0 Å². The van der Waals surface area contributed by atoms with Crippen LogP contribution in [0, 0.1) is 11.3 Å². The van der Waals surface area contributed by atoms with E-state index < -0.39 is 24.3 Å². The third-order valence-corrected chi connectivity index (χ3v) is 5.24. The van der Waals surface area contributed by atoms with Crippen LogP contribution in [0.5, 0.6) is 0 Å². The molecule has 1 aliphatic rings. The Morgan fingerprint density at radius 3 is 2.35 bits per heavy atom. The van der Waals surface area contributed by atoms with Crippen molar-refractivity contribution in [1.82, 2.24) is 5.32 Å². The molecular formula is C20H23BN2O3. The summed E-state index contributed by atoms with van der Waals surface area (Å²) in [6, 6.07) is 15.5. The van der Waals surface area contributed by atoms with Gasteiger partial charge in [-0.2, -0.15) is 5.26 Å². The van der Waals surface area contributed by atoms with Crippen LogP contribution in [-0.4, -0.2) is 30.2 Å². The number of carbonyl (C=O) groups is 1. The predicted molar refractivity (Wildman–Crippen MR) is 102 cm³/mol. The van der Waals surface area contributed by atoms with Crippen molar-refractivity contribution >= 4 is 23.8 Å². The van der Waals surface area contributed by atoms with E-state index in [2.05, 4.69) is 11.4 Å². The fourth-order valence-corrected chi connectivity index (χ4v) is 2.95. The van der Waals surface area contributed by atoms with Gasteiger partial charge in [0.25, 0.3) is 5.91 Å². The van der Waals surface area contributed by atoms with Gasteiger partial charge in [-0.15, -0.1) is 0 Å². The van der Waals surface area contributed by atoms with Crippen LogP contribution in [-0.2, 0) is 9.31 Å². The molecule has 6 heteroatoms. The molecule has 1 N–H and O–H groups in total. The summed E-state index contributed by atoms with van der Waals surface area (Å²) in [5, 5.41) is 14.1. The molecule has 0 aromatic heterocycles. The van der Waals surface area contributed by atoms with Gasteiger partial charge in [-0.3, -0.25) is 4.79 Å². The fraction of sp³-hybridized carbons (Fsp3) is 0.400. The van der Waals surface area contributed by atoms with Gasteiger partial charge in [0, 0.05) is 5.56 Å². The third-order valence-electron chi connectivity index (χ3n) is 5.24. The number of rotatable bonds is 4. The second-order valence-electron chi connectivity index (χ2n) is 7.63. The Labute approximate surface area is 154 Å². The monoisotopic (exact) mass is 350 g/mol.